The third-order valence-electron chi connectivity index (χ3n) is 2.60. The summed E-state index contributed by atoms with van der Waals surface area (Å²) < 4.78 is 0. The summed E-state index contributed by atoms with van der Waals surface area (Å²) in [5, 5.41) is 0.433. The number of thiophene rings is 1. The molecule has 6 heteroatoms. The van der Waals surface area contributed by atoms with Gasteiger partial charge < -0.3 is 17.2 Å². The maximum absolute atomic E-state index is 11.2. The van der Waals surface area contributed by atoms with Crippen LogP contribution in [0.1, 0.15) is 10.4 Å². The molecule has 1 aromatic carbocycles. The fourth-order valence-electron chi connectivity index (χ4n) is 1.63. The number of hydrogen-bond acceptors (Lipinski definition) is 5. The van der Waals surface area contributed by atoms with E-state index in [2.05, 4.69) is 4.99 Å². The summed E-state index contributed by atoms with van der Waals surface area (Å²) in [6, 6.07) is 9.27. The van der Waals surface area contributed by atoms with Crippen molar-refractivity contribution in [1.29, 1.82) is 0 Å². The van der Waals surface area contributed by atoms with Gasteiger partial charge in [-0.25, -0.2) is 0 Å². The van der Waals surface area contributed by atoms with Crippen molar-refractivity contribution in [3.05, 3.63) is 48.2 Å². The van der Waals surface area contributed by atoms with Gasteiger partial charge in [0, 0.05) is 11.1 Å². The number of amides is 1. The first-order valence-electron chi connectivity index (χ1n) is 5.82. The second kappa shape index (κ2) is 6.03. The average molecular weight is 286 g/mol. The summed E-state index contributed by atoms with van der Waals surface area (Å²) in [6.07, 6.45) is 4.67. The molecular weight excluding hydrogens is 272 g/mol. The van der Waals surface area contributed by atoms with Crippen molar-refractivity contribution < 1.29 is 4.79 Å². The molecule has 0 aliphatic carbocycles. The molecule has 0 aliphatic heterocycles. The summed E-state index contributed by atoms with van der Waals surface area (Å²) in [5.41, 5.74) is 18.4. The highest BCUT2D eigenvalue weighted by molar-refractivity contribution is 7.19. The minimum atomic E-state index is -0.514. The third kappa shape index (κ3) is 3.04. The molecule has 0 bridgehead atoms. The van der Waals surface area contributed by atoms with Gasteiger partial charge in [-0.05, 0) is 36.0 Å². The number of carbonyl (C=O) groups is 1. The van der Waals surface area contributed by atoms with E-state index in [9.17, 15) is 4.79 Å². The maximum Gasteiger partial charge on any atom is 0.251 e. The van der Waals surface area contributed by atoms with Gasteiger partial charge in [-0.1, -0.05) is 12.1 Å². The number of benzene rings is 1. The average Bonchev–Trinajstić information content (AvgIpc) is 2.82. The molecule has 1 amide bonds. The van der Waals surface area contributed by atoms with Crippen molar-refractivity contribution in [3.63, 3.8) is 0 Å². The van der Waals surface area contributed by atoms with Crippen molar-refractivity contribution in [2.24, 2.45) is 16.5 Å². The monoisotopic (exact) mass is 286 g/mol. The Balaban J connectivity index is 2.26. The molecule has 102 valence electrons. The van der Waals surface area contributed by atoms with Crippen LogP contribution in [-0.4, -0.2) is 12.1 Å². The standard InChI is InChI=1S/C14H14N4OS/c15-6-1-7-18-10-4-2-9(3-5-10)12-8-11(13(16)19)14(17)20-12/h1-8H,15,17H2,(H2,16,19)/b6-1-,18-7?. The fraction of sp³-hybridized carbons (Fsp3) is 0. The van der Waals surface area contributed by atoms with E-state index in [0.717, 1.165) is 16.1 Å². The molecule has 2 aromatic rings. The number of primary amides is 1. The quantitative estimate of drug-likeness (QED) is 0.750. The lowest BCUT2D eigenvalue weighted by Crippen LogP contribution is -2.11. The minimum Gasteiger partial charge on any atom is -0.405 e. The Morgan fingerprint density at radius 3 is 2.50 bits per heavy atom. The second-order valence-corrected chi connectivity index (χ2v) is 5.05. The number of anilines is 1. The van der Waals surface area contributed by atoms with Gasteiger partial charge in [0.15, 0.2) is 0 Å². The van der Waals surface area contributed by atoms with Crippen molar-refractivity contribution in [1.82, 2.24) is 0 Å². The highest BCUT2D eigenvalue weighted by atomic mass is 32.1. The van der Waals surface area contributed by atoms with Crippen LogP contribution in [0, 0.1) is 0 Å². The number of aliphatic imine (C=N–C) groups is 1. The van der Waals surface area contributed by atoms with Crippen LogP contribution in [0.3, 0.4) is 0 Å². The van der Waals surface area contributed by atoms with Crippen LogP contribution in [-0.2, 0) is 0 Å². The first-order valence-corrected chi connectivity index (χ1v) is 6.64. The molecule has 0 radical (unpaired) electrons. The zero-order chi connectivity index (χ0) is 14.5. The lowest BCUT2D eigenvalue weighted by Gasteiger charge is -1.97. The lowest BCUT2D eigenvalue weighted by molar-refractivity contribution is 0.100. The summed E-state index contributed by atoms with van der Waals surface area (Å²) in [5.74, 6) is -0.514. The molecule has 20 heavy (non-hydrogen) atoms. The van der Waals surface area contributed by atoms with E-state index in [1.54, 1.807) is 18.4 Å². The number of nitrogens with two attached hydrogens (primary N) is 3. The van der Waals surface area contributed by atoms with Crippen molar-refractivity contribution in [2.75, 3.05) is 5.73 Å². The fourth-order valence-corrected chi connectivity index (χ4v) is 2.57. The Morgan fingerprint density at radius 2 is 1.95 bits per heavy atom. The first-order chi connectivity index (χ1) is 9.61. The van der Waals surface area contributed by atoms with Crippen LogP contribution in [0.2, 0.25) is 0 Å². The molecule has 0 saturated heterocycles. The molecule has 6 N–H and O–H groups in total. The van der Waals surface area contributed by atoms with Gasteiger partial charge in [0.25, 0.3) is 5.91 Å². The number of carbonyl (C=O) groups excluding carboxylic acids is 1. The van der Waals surface area contributed by atoms with Crippen molar-refractivity contribution >= 4 is 34.1 Å². The van der Waals surface area contributed by atoms with Crippen LogP contribution in [0.15, 0.2) is 47.6 Å². The Kier molecular flexibility index (Phi) is 4.17. The summed E-state index contributed by atoms with van der Waals surface area (Å²) >= 11 is 1.33. The number of rotatable bonds is 4. The van der Waals surface area contributed by atoms with Gasteiger partial charge in [-0.3, -0.25) is 9.79 Å². The van der Waals surface area contributed by atoms with E-state index >= 15 is 0 Å². The van der Waals surface area contributed by atoms with Gasteiger partial charge in [-0.2, -0.15) is 0 Å². The highest BCUT2D eigenvalue weighted by Crippen LogP contribution is 2.33. The second-order valence-electron chi connectivity index (χ2n) is 3.96. The van der Waals surface area contributed by atoms with Crippen LogP contribution >= 0.6 is 11.3 Å². The minimum absolute atomic E-state index is 0.361. The normalized spacial score (nSPS) is 11.4. The van der Waals surface area contributed by atoms with E-state index < -0.39 is 5.91 Å². The number of nitrogen functional groups attached to an aromatic ring is 1. The molecule has 2 rings (SSSR count). The maximum atomic E-state index is 11.2. The van der Waals surface area contributed by atoms with Gasteiger partial charge in [-0.15, -0.1) is 11.3 Å². The lowest BCUT2D eigenvalue weighted by atomic mass is 10.1. The molecule has 0 fully saturated rings. The van der Waals surface area contributed by atoms with E-state index in [1.165, 1.54) is 17.5 Å². The van der Waals surface area contributed by atoms with E-state index in [-0.39, 0.29) is 0 Å². The van der Waals surface area contributed by atoms with Crippen LogP contribution in [0.5, 0.6) is 0 Å². The van der Waals surface area contributed by atoms with Gasteiger partial charge in [0.2, 0.25) is 0 Å². The predicted octanol–water partition coefficient (Wildman–Crippen LogP) is 2.27. The first kappa shape index (κ1) is 13.8. The zero-order valence-corrected chi connectivity index (χ0v) is 11.4. The molecule has 0 saturated carbocycles. The molecule has 1 aromatic heterocycles. The molecule has 0 unspecified atom stereocenters. The molecular formula is C14H14N4OS. The largest absolute Gasteiger partial charge is 0.405 e. The smallest absolute Gasteiger partial charge is 0.251 e. The summed E-state index contributed by atoms with van der Waals surface area (Å²) in [7, 11) is 0. The Hall–Kier alpha value is -2.60. The zero-order valence-electron chi connectivity index (χ0n) is 10.6. The molecule has 0 atom stereocenters. The van der Waals surface area contributed by atoms with Crippen LogP contribution < -0.4 is 17.2 Å². The van der Waals surface area contributed by atoms with E-state index in [0.29, 0.717) is 10.6 Å². The van der Waals surface area contributed by atoms with Crippen LogP contribution in [0.25, 0.3) is 10.4 Å². The van der Waals surface area contributed by atoms with Crippen molar-refractivity contribution in [2.45, 2.75) is 0 Å². The number of allylic oxidation sites excluding steroid dienone is 1. The van der Waals surface area contributed by atoms with Crippen molar-refractivity contribution in [3.8, 4) is 10.4 Å². The molecule has 5 nitrogen and oxygen atoms in total. The third-order valence-corrected chi connectivity index (χ3v) is 3.61. The summed E-state index contributed by atoms with van der Waals surface area (Å²) in [4.78, 5) is 16.3. The van der Waals surface area contributed by atoms with E-state index in [1.807, 2.05) is 24.3 Å². The number of hydrogen-bond donors (Lipinski definition) is 3. The van der Waals surface area contributed by atoms with E-state index in [4.69, 9.17) is 17.2 Å². The molecule has 0 aliphatic rings. The Morgan fingerprint density at radius 1 is 1.25 bits per heavy atom. The Bertz CT molecular complexity index is 671. The summed E-state index contributed by atoms with van der Waals surface area (Å²) in [6.45, 7) is 0. The van der Waals surface area contributed by atoms with Gasteiger partial charge in [0.1, 0.15) is 0 Å². The molecule has 0 spiro atoms. The van der Waals surface area contributed by atoms with Gasteiger partial charge in [0.05, 0.1) is 16.3 Å². The Labute approximate surface area is 120 Å². The topological polar surface area (TPSA) is 107 Å². The van der Waals surface area contributed by atoms with Gasteiger partial charge >= 0.3 is 0 Å². The SMILES string of the molecule is N/C=C\C=Nc1ccc(-c2cc(C(N)=O)c(N)s2)cc1. The predicted molar refractivity (Wildman–Crippen MR) is 84.2 cm³/mol. The highest BCUT2D eigenvalue weighted by Gasteiger charge is 2.12. The molecule has 1 heterocycles. The van der Waals surface area contributed by atoms with Crippen LogP contribution in [0.4, 0.5) is 10.7 Å². The number of nitrogens with zero attached hydrogens (tertiary/aromatic N) is 1.